The number of alkyl carbamates (subject to hydrolysis) is 1. The maximum atomic E-state index is 12.3. The fourth-order valence-electron chi connectivity index (χ4n) is 6.39. The number of nitrogens with zero attached hydrogens (tertiary/aromatic N) is 2. The van der Waals surface area contributed by atoms with E-state index >= 15 is 0 Å². The molecule has 9 nitrogen and oxygen atoms in total. The molecule has 0 aromatic heterocycles. The molecule has 2 saturated carbocycles. The van der Waals surface area contributed by atoms with Crippen LogP contribution in [0.4, 0.5) is 9.59 Å². The smallest absolute Gasteiger partial charge is 0.407 e. The molecule has 0 aromatic carbocycles. The predicted molar refractivity (Wildman–Crippen MR) is 129 cm³/mol. The number of piperidine rings is 2. The van der Waals surface area contributed by atoms with Crippen molar-refractivity contribution in [2.45, 2.75) is 83.8 Å². The maximum absolute atomic E-state index is 12.3. The molecule has 4 rings (SSSR count). The molecular weight excluding hydrogens is 436 g/mol. The van der Waals surface area contributed by atoms with Gasteiger partial charge in [0.15, 0.2) is 0 Å². The molecule has 2 saturated heterocycles. The Kier molecular flexibility index (Phi) is 9.07. The number of nitrogens with two attached hydrogens (primary N) is 1. The number of ether oxygens (including phenoxy) is 1. The first-order valence-electron chi connectivity index (χ1n) is 13.0. The summed E-state index contributed by atoms with van der Waals surface area (Å²) in [6.45, 7) is 7.26. The number of primary amides is 1. The van der Waals surface area contributed by atoms with Gasteiger partial charge < -0.3 is 30.7 Å². The van der Waals surface area contributed by atoms with Crippen LogP contribution < -0.4 is 11.1 Å². The Morgan fingerprint density at radius 1 is 1.00 bits per heavy atom. The third kappa shape index (κ3) is 6.55. The number of aliphatic hydroxyl groups excluding tert-OH is 1. The van der Waals surface area contributed by atoms with Crippen LogP contribution >= 0.6 is 0 Å². The number of aliphatic hydroxyl groups is 1. The van der Waals surface area contributed by atoms with Gasteiger partial charge in [-0.1, -0.05) is 13.8 Å². The van der Waals surface area contributed by atoms with E-state index in [1.807, 2.05) is 16.7 Å². The Balaban J connectivity index is 0.000000196. The first-order chi connectivity index (χ1) is 16.1. The lowest BCUT2D eigenvalue weighted by Crippen LogP contribution is -2.51. The third-order valence-corrected chi connectivity index (χ3v) is 8.35. The molecule has 0 spiro atoms. The fourth-order valence-corrected chi connectivity index (χ4v) is 6.39. The number of amides is 4. The Morgan fingerprint density at radius 2 is 1.62 bits per heavy atom. The molecule has 4 fully saturated rings. The Hall–Kier alpha value is -2.03. The lowest BCUT2D eigenvalue weighted by molar-refractivity contribution is -0.135. The number of hydrogen-bond acceptors (Lipinski definition) is 5. The molecule has 0 aromatic rings. The molecule has 4 aliphatic rings. The van der Waals surface area contributed by atoms with Gasteiger partial charge in [-0.15, -0.1) is 0 Å². The molecule has 2 aliphatic carbocycles. The molecule has 9 heteroatoms. The van der Waals surface area contributed by atoms with Gasteiger partial charge in [0.25, 0.3) is 0 Å². The fraction of sp³-hybridized carbons (Fsp3) is 0.880. The predicted octanol–water partition coefficient (Wildman–Crippen LogP) is 2.71. The minimum Gasteiger partial charge on any atom is -0.453 e. The average Bonchev–Trinajstić information content (AvgIpc) is 2.83. The van der Waals surface area contributed by atoms with Crippen LogP contribution in [0.25, 0.3) is 0 Å². The van der Waals surface area contributed by atoms with E-state index in [1.54, 1.807) is 0 Å². The van der Waals surface area contributed by atoms with E-state index in [0.29, 0.717) is 24.9 Å². The normalized spacial score (nSPS) is 33.9. The zero-order valence-corrected chi connectivity index (χ0v) is 21.1. The van der Waals surface area contributed by atoms with E-state index in [1.165, 1.54) is 13.5 Å². The number of carbonyl (C=O) groups is 3. The van der Waals surface area contributed by atoms with Crippen molar-refractivity contribution in [2.75, 3.05) is 33.3 Å². The molecule has 2 aliphatic heterocycles. The van der Waals surface area contributed by atoms with Gasteiger partial charge in [-0.2, -0.15) is 0 Å². The number of fused-ring (bicyclic) bond motifs is 2. The number of urea groups is 1. The molecular formula is C25H44N4O5. The number of likely N-dealkylation sites (tertiary alicyclic amines) is 2. The standard InChI is InChI=1S/C13H23N3O3.C12H21NO2/c1-19-12(17)14-11-5-9-16(10-6-11)13(18)15-7-3-2-4-8-15;1-7-3-8-4-9(10(7)14)6-12(2,5-8)11(13)15/h11H,2-10H2,1H3,(H,14,17);7-10,14H,3-6H2,1-2H3,(H2,13,15). The number of nitrogens with one attached hydrogen (secondary N) is 1. The van der Waals surface area contributed by atoms with E-state index in [-0.39, 0.29) is 41.5 Å². The molecule has 34 heavy (non-hydrogen) atoms. The molecule has 4 amide bonds. The second-order valence-corrected chi connectivity index (χ2v) is 11.1. The van der Waals surface area contributed by atoms with Crippen LogP contribution in [0.3, 0.4) is 0 Å². The summed E-state index contributed by atoms with van der Waals surface area (Å²) >= 11 is 0. The molecule has 2 heterocycles. The van der Waals surface area contributed by atoms with E-state index in [9.17, 15) is 19.5 Å². The third-order valence-electron chi connectivity index (χ3n) is 8.35. The summed E-state index contributed by atoms with van der Waals surface area (Å²) in [5.41, 5.74) is 5.08. The van der Waals surface area contributed by atoms with E-state index in [2.05, 4.69) is 17.0 Å². The largest absolute Gasteiger partial charge is 0.453 e. The number of methoxy groups -OCH3 is 1. The van der Waals surface area contributed by atoms with E-state index < -0.39 is 0 Å². The molecule has 4 N–H and O–H groups in total. The van der Waals surface area contributed by atoms with Crippen LogP contribution in [-0.4, -0.2) is 78.4 Å². The highest BCUT2D eigenvalue weighted by atomic mass is 16.5. The minimum atomic E-state index is -0.388. The van der Waals surface area contributed by atoms with Gasteiger partial charge in [0.05, 0.1) is 13.2 Å². The van der Waals surface area contributed by atoms with Crippen LogP contribution in [-0.2, 0) is 9.53 Å². The summed E-state index contributed by atoms with van der Waals surface area (Å²) < 4.78 is 4.58. The summed E-state index contributed by atoms with van der Waals surface area (Å²) in [4.78, 5) is 38.7. The Morgan fingerprint density at radius 3 is 2.21 bits per heavy atom. The molecule has 5 atom stereocenters. The van der Waals surface area contributed by atoms with Gasteiger partial charge in [-0.05, 0) is 75.5 Å². The van der Waals surface area contributed by atoms with Crippen LogP contribution in [0.5, 0.6) is 0 Å². The average molecular weight is 481 g/mol. The first-order valence-corrected chi connectivity index (χ1v) is 13.0. The van der Waals surface area contributed by atoms with Gasteiger partial charge in [0, 0.05) is 37.6 Å². The molecule has 2 bridgehead atoms. The van der Waals surface area contributed by atoms with E-state index in [4.69, 9.17) is 5.73 Å². The highest BCUT2D eigenvalue weighted by molar-refractivity contribution is 5.80. The minimum absolute atomic E-state index is 0.123. The van der Waals surface area contributed by atoms with Crippen molar-refractivity contribution in [3.63, 3.8) is 0 Å². The number of hydrogen-bond donors (Lipinski definition) is 3. The lowest BCUT2D eigenvalue weighted by Gasteiger charge is -2.48. The summed E-state index contributed by atoms with van der Waals surface area (Å²) in [6.07, 6.45) is 8.24. The Labute approximate surface area is 203 Å². The van der Waals surface area contributed by atoms with Gasteiger partial charge in [0.1, 0.15) is 0 Å². The highest BCUT2D eigenvalue weighted by Crippen LogP contribution is 2.50. The van der Waals surface area contributed by atoms with Crippen molar-refractivity contribution in [3.05, 3.63) is 0 Å². The van der Waals surface area contributed by atoms with Crippen LogP contribution in [0, 0.1) is 23.2 Å². The lowest BCUT2D eigenvalue weighted by atomic mass is 9.58. The zero-order chi connectivity index (χ0) is 24.9. The van der Waals surface area contributed by atoms with Gasteiger partial charge in [-0.25, -0.2) is 9.59 Å². The topological polar surface area (TPSA) is 125 Å². The van der Waals surface area contributed by atoms with Crippen molar-refractivity contribution in [1.29, 1.82) is 0 Å². The summed E-state index contributed by atoms with van der Waals surface area (Å²) in [6, 6.07) is 0.286. The van der Waals surface area contributed by atoms with Crippen molar-refractivity contribution in [1.82, 2.24) is 15.1 Å². The van der Waals surface area contributed by atoms with Crippen LogP contribution in [0.2, 0.25) is 0 Å². The number of rotatable bonds is 2. The van der Waals surface area contributed by atoms with Crippen molar-refractivity contribution >= 4 is 18.0 Å². The second kappa shape index (κ2) is 11.6. The Bertz CT molecular complexity index is 718. The molecule has 194 valence electrons. The van der Waals surface area contributed by atoms with Crippen LogP contribution in [0.1, 0.15) is 71.6 Å². The molecule has 5 unspecified atom stereocenters. The van der Waals surface area contributed by atoms with Gasteiger partial charge in [-0.3, -0.25) is 4.79 Å². The van der Waals surface area contributed by atoms with Crippen molar-refractivity contribution in [3.8, 4) is 0 Å². The highest BCUT2D eigenvalue weighted by Gasteiger charge is 2.47. The zero-order valence-electron chi connectivity index (χ0n) is 21.1. The monoisotopic (exact) mass is 480 g/mol. The quantitative estimate of drug-likeness (QED) is 0.560. The van der Waals surface area contributed by atoms with Gasteiger partial charge >= 0.3 is 12.1 Å². The van der Waals surface area contributed by atoms with Crippen LogP contribution in [0.15, 0.2) is 0 Å². The SMILES string of the molecule is CC1CC2CC(CC(C)(C(N)=O)C2)C1O.COC(=O)NC1CCN(C(=O)N2CCCCC2)CC1. The van der Waals surface area contributed by atoms with Crippen molar-refractivity contribution in [2.24, 2.45) is 28.9 Å². The summed E-state index contributed by atoms with van der Waals surface area (Å²) in [5, 5.41) is 12.8. The second-order valence-electron chi connectivity index (χ2n) is 11.1. The molecule has 0 radical (unpaired) electrons. The van der Waals surface area contributed by atoms with E-state index in [0.717, 1.165) is 64.5 Å². The summed E-state index contributed by atoms with van der Waals surface area (Å²) in [5.74, 6) is 1.05. The summed E-state index contributed by atoms with van der Waals surface area (Å²) in [7, 11) is 1.37. The maximum Gasteiger partial charge on any atom is 0.407 e. The van der Waals surface area contributed by atoms with Gasteiger partial charge in [0.2, 0.25) is 5.91 Å². The first kappa shape index (κ1) is 26.6. The number of carbonyl (C=O) groups excluding carboxylic acids is 3. The van der Waals surface area contributed by atoms with Crippen molar-refractivity contribution < 1.29 is 24.2 Å².